The number of amides is 2. The Morgan fingerprint density at radius 3 is 2.20 bits per heavy atom. The van der Waals surface area contributed by atoms with Crippen molar-refractivity contribution in [2.75, 3.05) is 13.1 Å². The van der Waals surface area contributed by atoms with Crippen LogP contribution in [-0.4, -0.2) is 51.3 Å². The van der Waals surface area contributed by atoms with Gasteiger partial charge in [0.25, 0.3) is 0 Å². The molecule has 1 saturated heterocycles. The smallest absolute Gasteiger partial charge is 0.317 e. The van der Waals surface area contributed by atoms with Crippen molar-refractivity contribution in [2.24, 2.45) is 0 Å². The SMILES string of the molecule is CC1(O)CCN(C(=O)NC2(CC(=O)O)CCCC2)CC1. The normalized spacial score (nSPS) is 24.4. The van der Waals surface area contributed by atoms with E-state index in [1.807, 2.05) is 0 Å². The van der Waals surface area contributed by atoms with Gasteiger partial charge in [-0.3, -0.25) is 4.79 Å². The van der Waals surface area contributed by atoms with Crippen molar-refractivity contribution in [3.63, 3.8) is 0 Å². The van der Waals surface area contributed by atoms with Crippen LogP contribution in [0, 0.1) is 0 Å². The number of piperidine rings is 1. The third-order valence-electron chi connectivity index (χ3n) is 4.55. The van der Waals surface area contributed by atoms with Gasteiger partial charge in [-0.1, -0.05) is 12.8 Å². The highest BCUT2D eigenvalue weighted by atomic mass is 16.4. The lowest BCUT2D eigenvalue weighted by atomic mass is 9.92. The second-order valence-corrected chi connectivity index (χ2v) is 6.47. The van der Waals surface area contributed by atoms with Gasteiger partial charge >= 0.3 is 12.0 Å². The van der Waals surface area contributed by atoms with E-state index < -0.39 is 17.1 Å². The van der Waals surface area contributed by atoms with Gasteiger partial charge in [-0.2, -0.15) is 0 Å². The fraction of sp³-hybridized carbons (Fsp3) is 0.857. The van der Waals surface area contributed by atoms with Crippen LogP contribution in [0.2, 0.25) is 0 Å². The summed E-state index contributed by atoms with van der Waals surface area (Å²) in [5.41, 5.74) is -1.27. The zero-order valence-corrected chi connectivity index (χ0v) is 12.0. The van der Waals surface area contributed by atoms with E-state index in [9.17, 15) is 14.7 Å². The van der Waals surface area contributed by atoms with Crippen LogP contribution in [0.15, 0.2) is 0 Å². The third kappa shape index (κ3) is 3.62. The van der Waals surface area contributed by atoms with E-state index in [1.165, 1.54) is 0 Å². The van der Waals surface area contributed by atoms with Gasteiger partial charge in [-0.05, 0) is 32.6 Å². The fourth-order valence-electron chi connectivity index (χ4n) is 3.18. The summed E-state index contributed by atoms with van der Waals surface area (Å²) in [7, 11) is 0. The number of likely N-dealkylation sites (tertiary alicyclic amines) is 1. The second kappa shape index (κ2) is 5.60. The van der Waals surface area contributed by atoms with Crippen LogP contribution in [-0.2, 0) is 4.79 Å². The molecule has 1 aliphatic heterocycles. The van der Waals surface area contributed by atoms with E-state index in [-0.39, 0.29) is 12.5 Å². The van der Waals surface area contributed by atoms with Crippen LogP contribution in [0.3, 0.4) is 0 Å². The molecule has 0 unspecified atom stereocenters. The number of rotatable bonds is 3. The summed E-state index contributed by atoms with van der Waals surface area (Å²) >= 11 is 0. The number of carbonyl (C=O) groups excluding carboxylic acids is 1. The lowest BCUT2D eigenvalue weighted by Gasteiger charge is -2.38. The number of nitrogens with zero attached hydrogens (tertiary/aromatic N) is 1. The molecular formula is C14H24N2O4. The number of nitrogens with one attached hydrogen (secondary N) is 1. The van der Waals surface area contributed by atoms with Crippen molar-refractivity contribution in [3.8, 4) is 0 Å². The number of carbonyl (C=O) groups is 2. The number of hydrogen-bond donors (Lipinski definition) is 3. The Balaban J connectivity index is 1.94. The number of aliphatic hydroxyl groups is 1. The molecule has 114 valence electrons. The first kappa shape index (κ1) is 15.1. The molecular weight excluding hydrogens is 260 g/mol. The number of urea groups is 1. The number of aliphatic carboxylic acids is 1. The van der Waals surface area contributed by atoms with E-state index in [0.717, 1.165) is 25.7 Å². The lowest BCUT2D eigenvalue weighted by Crippen LogP contribution is -2.55. The van der Waals surface area contributed by atoms with E-state index in [2.05, 4.69) is 5.32 Å². The number of hydrogen-bond acceptors (Lipinski definition) is 3. The summed E-state index contributed by atoms with van der Waals surface area (Å²) in [5, 5.41) is 21.9. The van der Waals surface area contributed by atoms with Gasteiger partial charge in [0, 0.05) is 13.1 Å². The van der Waals surface area contributed by atoms with Gasteiger partial charge in [0.05, 0.1) is 17.6 Å². The van der Waals surface area contributed by atoms with Gasteiger partial charge in [0.2, 0.25) is 0 Å². The molecule has 2 amide bonds. The molecule has 20 heavy (non-hydrogen) atoms. The molecule has 1 aliphatic carbocycles. The van der Waals surface area contributed by atoms with Crippen LogP contribution in [0.5, 0.6) is 0 Å². The molecule has 0 radical (unpaired) electrons. The first-order chi connectivity index (χ1) is 9.32. The predicted molar refractivity (Wildman–Crippen MR) is 73.4 cm³/mol. The standard InChI is InChI=1S/C14H24N2O4/c1-13(20)6-8-16(9-7-13)12(19)15-14(10-11(17)18)4-2-3-5-14/h20H,2-10H2,1H3,(H,15,19)(H,17,18). The Morgan fingerprint density at radius 1 is 1.15 bits per heavy atom. The average molecular weight is 284 g/mol. The van der Waals surface area contributed by atoms with Crippen molar-refractivity contribution in [1.29, 1.82) is 0 Å². The number of carboxylic acids is 1. The molecule has 0 aromatic heterocycles. The Labute approximate surface area is 119 Å². The molecule has 1 saturated carbocycles. The minimum absolute atomic E-state index is 0.00963. The van der Waals surface area contributed by atoms with E-state index in [4.69, 9.17) is 5.11 Å². The van der Waals surface area contributed by atoms with Crippen LogP contribution in [0.1, 0.15) is 51.9 Å². The quantitative estimate of drug-likeness (QED) is 0.729. The Bertz CT molecular complexity index is 379. The van der Waals surface area contributed by atoms with Crippen LogP contribution in [0.4, 0.5) is 4.79 Å². The zero-order chi connectivity index (χ0) is 14.8. The molecule has 1 heterocycles. The van der Waals surface area contributed by atoms with Crippen LogP contribution >= 0.6 is 0 Å². The monoisotopic (exact) mass is 284 g/mol. The Kier molecular flexibility index (Phi) is 4.22. The van der Waals surface area contributed by atoms with Crippen LogP contribution in [0.25, 0.3) is 0 Å². The maximum atomic E-state index is 12.3. The molecule has 6 heteroatoms. The second-order valence-electron chi connectivity index (χ2n) is 6.47. The van der Waals surface area contributed by atoms with Crippen molar-refractivity contribution in [3.05, 3.63) is 0 Å². The highest BCUT2D eigenvalue weighted by molar-refractivity contribution is 5.77. The van der Waals surface area contributed by atoms with Crippen molar-refractivity contribution in [1.82, 2.24) is 10.2 Å². The Hall–Kier alpha value is -1.30. The van der Waals surface area contributed by atoms with E-state index in [1.54, 1.807) is 11.8 Å². The maximum absolute atomic E-state index is 12.3. The lowest BCUT2D eigenvalue weighted by molar-refractivity contribution is -0.138. The molecule has 2 rings (SSSR count). The van der Waals surface area contributed by atoms with Gasteiger partial charge in [-0.15, -0.1) is 0 Å². The molecule has 0 aromatic rings. The largest absolute Gasteiger partial charge is 0.481 e. The summed E-state index contributed by atoms with van der Waals surface area (Å²) < 4.78 is 0. The topological polar surface area (TPSA) is 89.9 Å². The molecule has 0 atom stereocenters. The van der Waals surface area contributed by atoms with Crippen molar-refractivity contribution < 1.29 is 19.8 Å². The average Bonchev–Trinajstić information content (AvgIpc) is 2.76. The fourth-order valence-corrected chi connectivity index (χ4v) is 3.18. The molecule has 6 nitrogen and oxygen atoms in total. The maximum Gasteiger partial charge on any atom is 0.317 e. The molecule has 2 fully saturated rings. The Morgan fingerprint density at radius 2 is 1.70 bits per heavy atom. The number of carboxylic acid groups (broad SMARTS) is 1. The predicted octanol–water partition coefficient (Wildman–Crippen LogP) is 1.33. The first-order valence-electron chi connectivity index (χ1n) is 7.33. The molecule has 2 aliphatic rings. The summed E-state index contributed by atoms with van der Waals surface area (Å²) in [4.78, 5) is 25.0. The zero-order valence-electron chi connectivity index (χ0n) is 12.0. The molecule has 3 N–H and O–H groups in total. The summed E-state index contributed by atoms with van der Waals surface area (Å²) in [5.74, 6) is -0.867. The summed E-state index contributed by atoms with van der Waals surface area (Å²) in [6.07, 6.45) is 4.50. The van der Waals surface area contributed by atoms with Gasteiger partial charge in [-0.25, -0.2) is 4.79 Å². The van der Waals surface area contributed by atoms with Crippen molar-refractivity contribution in [2.45, 2.75) is 63.0 Å². The van der Waals surface area contributed by atoms with E-state index in [0.29, 0.717) is 25.9 Å². The third-order valence-corrected chi connectivity index (χ3v) is 4.55. The minimum Gasteiger partial charge on any atom is -0.481 e. The van der Waals surface area contributed by atoms with Gasteiger partial charge in [0.1, 0.15) is 0 Å². The van der Waals surface area contributed by atoms with Crippen LogP contribution < -0.4 is 5.32 Å². The minimum atomic E-state index is -0.867. The summed E-state index contributed by atoms with van der Waals surface area (Å²) in [6, 6.07) is -0.191. The summed E-state index contributed by atoms with van der Waals surface area (Å²) in [6.45, 7) is 2.81. The van der Waals surface area contributed by atoms with E-state index >= 15 is 0 Å². The highest BCUT2D eigenvalue weighted by Crippen LogP contribution is 2.33. The molecule has 0 bridgehead atoms. The molecule has 0 spiro atoms. The van der Waals surface area contributed by atoms with Crippen molar-refractivity contribution >= 4 is 12.0 Å². The molecule has 0 aromatic carbocycles. The van der Waals surface area contributed by atoms with Gasteiger partial charge < -0.3 is 20.4 Å². The van der Waals surface area contributed by atoms with Gasteiger partial charge in [0.15, 0.2) is 0 Å². The first-order valence-corrected chi connectivity index (χ1v) is 7.33. The highest BCUT2D eigenvalue weighted by Gasteiger charge is 2.39.